The van der Waals surface area contributed by atoms with Gasteiger partial charge < -0.3 is 10.5 Å². The van der Waals surface area contributed by atoms with Crippen molar-refractivity contribution in [2.45, 2.75) is 32.7 Å². The van der Waals surface area contributed by atoms with Gasteiger partial charge in [0.05, 0.1) is 0 Å². The minimum Gasteiger partial charge on any atom is -0.439 e. The quantitative estimate of drug-likeness (QED) is 0.898. The molecule has 0 aliphatic rings. The van der Waals surface area contributed by atoms with E-state index < -0.39 is 0 Å². The van der Waals surface area contributed by atoms with E-state index in [0.717, 1.165) is 11.3 Å². The molecule has 19 heavy (non-hydrogen) atoms. The van der Waals surface area contributed by atoms with E-state index in [1.165, 1.54) is 5.56 Å². The number of rotatable bonds is 4. The Hall–Kier alpha value is -1.87. The largest absolute Gasteiger partial charge is 0.439 e. The highest BCUT2D eigenvalue weighted by molar-refractivity contribution is 5.33. The van der Waals surface area contributed by atoms with Gasteiger partial charge in [-0.05, 0) is 36.1 Å². The number of benzene rings is 1. The van der Waals surface area contributed by atoms with Crippen LogP contribution in [0.15, 0.2) is 42.6 Å². The summed E-state index contributed by atoms with van der Waals surface area (Å²) in [6.07, 6.45) is 1.76. The lowest BCUT2D eigenvalue weighted by atomic mass is 10.0. The Morgan fingerprint density at radius 3 is 2.42 bits per heavy atom. The Kier molecular flexibility index (Phi) is 4.17. The number of aromatic nitrogens is 1. The Morgan fingerprint density at radius 1 is 1.05 bits per heavy atom. The fourth-order valence-electron chi connectivity index (χ4n) is 1.78. The first-order valence-electron chi connectivity index (χ1n) is 6.55. The maximum atomic E-state index is 5.79. The van der Waals surface area contributed by atoms with Gasteiger partial charge in [-0.3, -0.25) is 0 Å². The van der Waals surface area contributed by atoms with E-state index in [9.17, 15) is 0 Å². The molecule has 3 nitrogen and oxygen atoms in total. The second kappa shape index (κ2) is 5.85. The van der Waals surface area contributed by atoms with Crippen LogP contribution in [0.2, 0.25) is 0 Å². The summed E-state index contributed by atoms with van der Waals surface area (Å²) in [5.74, 6) is 1.88. The van der Waals surface area contributed by atoms with Gasteiger partial charge in [0, 0.05) is 18.3 Å². The number of hydrogen-bond donors (Lipinski definition) is 1. The summed E-state index contributed by atoms with van der Waals surface area (Å²) in [4.78, 5) is 4.27. The highest BCUT2D eigenvalue weighted by Crippen LogP contribution is 2.24. The van der Waals surface area contributed by atoms with Crippen molar-refractivity contribution in [3.63, 3.8) is 0 Å². The van der Waals surface area contributed by atoms with Crippen molar-refractivity contribution >= 4 is 0 Å². The Labute approximate surface area is 114 Å². The Bertz CT molecular complexity index is 533. The van der Waals surface area contributed by atoms with Crippen LogP contribution in [0.3, 0.4) is 0 Å². The van der Waals surface area contributed by atoms with Gasteiger partial charge in [0.25, 0.3) is 0 Å². The number of nitrogens with zero attached hydrogens (tertiary/aromatic N) is 1. The molecule has 1 heterocycles. The second-order valence-corrected chi connectivity index (χ2v) is 5.05. The fraction of sp³-hybridized carbons (Fsp3) is 0.312. The molecule has 1 aromatic heterocycles. The smallest absolute Gasteiger partial charge is 0.219 e. The zero-order chi connectivity index (χ0) is 13.8. The van der Waals surface area contributed by atoms with E-state index in [2.05, 4.69) is 24.9 Å². The van der Waals surface area contributed by atoms with Crippen LogP contribution < -0.4 is 10.5 Å². The molecule has 3 heteroatoms. The first-order valence-corrected chi connectivity index (χ1v) is 6.55. The molecule has 0 aliphatic heterocycles. The molecule has 0 aliphatic carbocycles. The molecule has 0 bridgehead atoms. The van der Waals surface area contributed by atoms with Crippen LogP contribution in [0.4, 0.5) is 0 Å². The van der Waals surface area contributed by atoms with Crippen molar-refractivity contribution in [1.82, 2.24) is 4.98 Å². The molecule has 0 unspecified atom stereocenters. The van der Waals surface area contributed by atoms with E-state index in [1.54, 1.807) is 6.20 Å². The van der Waals surface area contributed by atoms with Crippen LogP contribution in [0, 0.1) is 0 Å². The molecule has 0 radical (unpaired) electrons. The van der Waals surface area contributed by atoms with Crippen molar-refractivity contribution in [3.8, 4) is 11.6 Å². The zero-order valence-electron chi connectivity index (χ0n) is 11.6. The molecule has 0 amide bonds. The normalized spacial score (nSPS) is 12.5. The molecule has 2 N–H and O–H groups in total. The monoisotopic (exact) mass is 256 g/mol. The molecule has 2 aromatic rings. The SMILES string of the molecule is CC(C)c1cccc(Oc2ccc([C@@H](C)N)cn2)c1. The second-order valence-electron chi connectivity index (χ2n) is 5.05. The van der Waals surface area contributed by atoms with Gasteiger partial charge in [0.2, 0.25) is 5.88 Å². The number of hydrogen-bond acceptors (Lipinski definition) is 3. The van der Waals surface area contributed by atoms with E-state index in [0.29, 0.717) is 11.8 Å². The topological polar surface area (TPSA) is 48.1 Å². The van der Waals surface area contributed by atoms with E-state index in [1.807, 2.05) is 37.3 Å². The average molecular weight is 256 g/mol. The number of nitrogens with two attached hydrogens (primary N) is 1. The van der Waals surface area contributed by atoms with Gasteiger partial charge in [0.15, 0.2) is 0 Å². The predicted octanol–water partition coefficient (Wildman–Crippen LogP) is 4.02. The van der Waals surface area contributed by atoms with E-state index >= 15 is 0 Å². The molecule has 0 fully saturated rings. The summed E-state index contributed by atoms with van der Waals surface area (Å²) in [6.45, 7) is 6.26. The maximum Gasteiger partial charge on any atom is 0.219 e. The minimum absolute atomic E-state index is 0.00850. The zero-order valence-corrected chi connectivity index (χ0v) is 11.6. The molecular weight excluding hydrogens is 236 g/mol. The molecule has 0 spiro atoms. The third-order valence-corrected chi connectivity index (χ3v) is 3.03. The van der Waals surface area contributed by atoms with E-state index in [-0.39, 0.29) is 6.04 Å². The van der Waals surface area contributed by atoms with Crippen LogP contribution in [0.5, 0.6) is 11.6 Å². The molecule has 0 saturated carbocycles. The summed E-state index contributed by atoms with van der Waals surface area (Å²) in [7, 11) is 0. The molecule has 2 rings (SSSR count). The maximum absolute atomic E-state index is 5.79. The summed E-state index contributed by atoms with van der Waals surface area (Å²) in [6, 6.07) is 11.9. The summed E-state index contributed by atoms with van der Waals surface area (Å²) >= 11 is 0. The van der Waals surface area contributed by atoms with Crippen molar-refractivity contribution < 1.29 is 4.74 Å². The molecule has 100 valence electrons. The van der Waals surface area contributed by atoms with Gasteiger partial charge >= 0.3 is 0 Å². The molecular formula is C16H20N2O. The first-order chi connectivity index (χ1) is 9.06. The first kappa shape index (κ1) is 13.6. The standard InChI is InChI=1S/C16H20N2O/c1-11(2)13-5-4-6-15(9-13)19-16-8-7-14(10-18-16)12(3)17/h4-12H,17H2,1-3H3/t12-/m1/s1. The highest BCUT2D eigenvalue weighted by atomic mass is 16.5. The van der Waals surface area contributed by atoms with Crippen LogP contribution in [-0.4, -0.2) is 4.98 Å². The van der Waals surface area contributed by atoms with Crippen LogP contribution in [0.25, 0.3) is 0 Å². The van der Waals surface area contributed by atoms with Gasteiger partial charge in [0.1, 0.15) is 5.75 Å². The van der Waals surface area contributed by atoms with Crippen molar-refractivity contribution in [3.05, 3.63) is 53.7 Å². The summed E-state index contributed by atoms with van der Waals surface area (Å²) in [5, 5.41) is 0. The van der Waals surface area contributed by atoms with Crippen molar-refractivity contribution in [1.29, 1.82) is 0 Å². The third-order valence-electron chi connectivity index (χ3n) is 3.03. The number of pyridine rings is 1. The lowest BCUT2D eigenvalue weighted by molar-refractivity contribution is 0.461. The number of ether oxygens (including phenoxy) is 1. The highest BCUT2D eigenvalue weighted by Gasteiger charge is 2.04. The van der Waals surface area contributed by atoms with Gasteiger partial charge in [-0.1, -0.05) is 32.0 Å². The van der Waals surface area contributed by atoms with Gasteiger partial charge in [-0.2, -0.15) is 0 Å². The van der Waals surface area contributed by atoms with Gasteiger partial charge in [-0.15, -0.1) is 0 Å². The van der Waals surface area contributed by atoms with Crippen molar-refractivity contribution in [2.75, 3.05) is 0 Å². The van der Waals surface area contributed by atoms with Crippen LogP contribution >= 0.6 is 0 Å². The Balaban J connectivity index is 2.14. The van der Waals surface area contributed by atoms with Gasteiger partial charge in [-0.25, -0.2) is 4.98 Å². The third kappa shape index (κ3) is 3.55. The van der Waals surface area contributed by atoms with Crippen LogP contribution in [0.1, 0.15) is 43.9 Å². The summed E-state index contributed by atoms with van der Waals surface area (Å²) < 4.78 is 5.75. The average Bonchev–Trinajstić information content (AvgIpc) is 2.39. The van der Waals surface area contributed by atoms with E-state index in [4.69, 9.17) is 10.5 Å². The lowest BCUT2D eigenvalue weighted by Gasteiger charge is -2.10. The van der Waals surface area contributed by atoms with Crippen LogP contribution in [-0.2, 0) is 0 Å². The van der Waals surface area contributed by atoms with Crippen molar-refractivity contribution in [2.24, 2.45) is 5.73 Å². The fourth-order valence-corrected chi connectivity index (χ4v) is 1.78. The Morgan fingerprint density at radius 2 is 1.84 bits per heavy atom. The summed E-state index contributed by atoms with van der Waals surface area (Å²) in [5.41, 5.74) is 8.05. The minimum atomic E-state index is -0.00850. The predicted molar refractivity (Wildman–Crippen MR) is 77.4 cm³/mol. The lowest BCUT2D eigenvalue weighted by Crippen LogP contribution is -2.05. The molecule has 1 atom stereocenters. The molecule has 0 saturated heterocycles. The molecule has 1 aromatic carbocycles.